The van der Waals surface area contributed by atoms with Gasteiger partial charge in [0.05, 0.1) is 4.83 Å². The molecule has 0 saturated carbocycles. The van der Waals surface area contributed by atoms with Crippen LogP contribution in [0, 0.1) is 6.92 Å². The third-order valence-corrected chi connectivity index (χ3v) is 3.30. The summed E-state index contributed by atoms with van der Waals surface area (Å²) in [5.74, 6) is 0.0358. The summed E-state index contributed by atoms with van der Waals surface area (Å²) in [5.41, 5.74) is 2.20. The van der Waals surface area contributed by atoms with Crippen molar-refractivity contribution in [2.45, 2.75) is 31.6 Å². The number of alkyl halides is 1. The maximum Gasteiger partial charge on any atom is 0.234 e. The lowest BCUT2D eigenvalue weighted by Crippen LogP contribution is -2.30. The zero-order valence-corrected chi connectivity index (χ0v) is 10.5. The molecular formula is C11H15BrN2O. The van der Waals surface area contributed by atoms with Crippen LogP contribution in [0.4, 0.5) is 0 Å². The number of nitrogens with one attached hydrogen (secondary N) is 1. The highest BCUT2D eigenvalue weighted by Gasteiger charge is 2.11. The van der Waals surface area contributed by atoms with E-state index >= 15 is 0 Å². The van der Waals surface area contributed by atoms with Crippen LogP contribution in [-0.2, 0) is 11.3 Å². The van der Waals surface area contributed by atoms with E-state index in [0.717, 1.165) is 17.5 Å². The predicted molar refractivity (Wildman–Crippen MR) is 63.8 cm³/mol. The van der Waals surface area contributed by atoms with Crippen LogP contribution >= 0.6 is 15.9 Å². The normalized spacial score (nSPS) is 12.2. The summed E-state index contributed by atoms with van der Waals surface area (Å²) in [4.78, 5) is 15.4. The van der Waals surface area contributed by atoms with Gasteiger partial charge in [0.25, 0.3) is 0 Å². The third kappa shape index (κ3) is 3.63. The number of rotatable bonds is 4. The molecule has 1 atom stereocenters. The number of pyridine rings is 1. The quantitative estimate of drug-likeness (QED) is 0.853. The second-order valence-corrected chi connectivity index (χ2v) is 4.50. The highest BCUT2D eigenvalue weighted by Crippen LogP contribution is 2.07. The van der Waals surface area contributed by atoms with Crippen molar-refractivity contribution in [1.82, 2.24) is 10.3 Å². The fraction of sp³-hybridized carbons (Fsp3) is 0.455. The lowest BCUT2D eigenvalue weighted by molar-refractivity contribution is -0.120. The Morgan fingerprint density at radius 1 is 1.67 bits per heavy atom. The maximum atomic E-state index is 11.5. The number of carbonyl (C=O) groups is 1. The van der Waals surface area contributed by atoms with Gasteiger partial charge in [0, 0.05) is 18.9 Å². The number of aryl methyl sites for hydroxylation is 1. The van der Waals surface area contributed by atoms with Crippen molar-refractivity contribution in [2.24, 2.45) is 0 Å². The summed E-state index contributed by atoms with van der Waals surface area (Å²) >= 11 is 3.31. The summed E-state index contributed by atoms with van der Waals surface area (Å²) in [6.07, 6.45) is 4.33. The van der Waals surface area contributed by atoms with Crippen LogP contribution in [-0.4, -0.2) is 15.7 Å². The van der Waals surface area contributed by atoms with E-state index in [1.165, 1.54) is 0 Å². The van der Waals surface area contributed by atoms with Gasteiger partial charge in [-0.15, -0.1) is 0 Å². The van der Waals surface area contributed by atoms with E-state index in [4.69, 9.17) is 0 Å². The molecule has 3 nitrogen and oxygen atoms in total. The highest BCUT2D eigenvalue weighted by molar-refractivity contribution is 9.10. The van der Waals surface area contributed by atoms with Crippen molar-refractivity contribution in [1.29, 1.82) is 0 Å². The first-order valence-corrected chi connectivity index (χ1v) is 5.88. The summed E-state index contributed by atoms with van der Waals surface area (Å²) in [6, 6.07) is 1.92. The van der Waals surface area contributed by atoms with Crippen LogP contribution in [0.15, 0.2) is 18.5 Å². The van der Waals surface area contributed by atoms with Crippen LogP contribution in [0.1, 0.15) is 24.5 Å². The number of carbonyl (C=O) groups excluding carboxylic acids is 1. The monoisotopic (exact) mass is 270 g/mol. The number of nitrogens with zero attached hydrogens (tertiary/aromatic N) is 1. The average Bonchev–Trinajstić information content (AvgIpc) is 2.26. The smallest absolute Gasteiger partial charge is 0.234 e. The van der Waals surface area contributed by atoms with Crippen molar-refractivity contribution in [3.8, 4) is 0 Å². The maximum absolute atomic E-state index is 11.5. The second kappa shape index (κ2) is 5.85. The lowest BCUT2D eigenvalue weighted by Gasteiger charge is -2.09. The van der Waals surface area contributed by atoms with E-state index in [9.17, 15) is 4.79 Å². The Labute approximate surface area is 98.4 Å². The minimum absolute atomic E-state index is 0.0358. The molecule has 1 heterocycles. The molecule has 1 aromatic heterocycles. The zero-order chi connectivity index (χ0) is 11.3. The molecule has 0 aromatic carbocycles. The van der Waals surface area contributed by atoms with Gasteiger partial charge in [-0.1, -0.05) is 22.9 Å². The van der Waals surface area contributed by atoms with Gasteiger partial charge < -0.3 is 5.32 Å². The fourth-order valence-corrected chi connectivity index (χ4v) is 1.34. The summed E-state index contributed by atoms with van der Waals surface area (Å²) < 4.78 is 0. The van der Waals surface area contributed by atoms with E-state index in [1.54, 1.807) is 12.4 Å². The van der Waals surface area contributed by atoms with E-state index in [-0.39, 0.29) is 10.7 Å². The molecular weight excluding hydrogens is 256 g/mol. The van der Waals surface area contributed by atoms with E-state index < -0.39 is 0 Å². The van der Waals surface area contributed by atoms with Gasteiger partial charge >= 0.3 is 0 Å². The van der Waals surface area contributed by atoms with Crippen LogP contribution in [0.2, 0.25) is 0 Å². The molecule has 0 bridgehead atoms. The fourth-order valence-electron chi connectivity index (χ4n) is 1.18. The molecule has 1 amide bonds. The molecule has 15 heavy (non-hydrogen) atoms. The molecule has 1 unspecified atom stereocenters. The van der Waals surface area contributed by atoms with Crippen LogP contribution < -0.4 is 5.32 Å². The second-order valence-electron chi connectivity index (χ2n) is 3.40. The molecule has 1 rings (SSSR count). The topological polar surface area (TPSA) is 42.0 Å². The van der Waals surface area contributed by atoms with Gasteiger partial charge in [0.1, 0.15) is 0 Å². The first-order chi connectivity index (χ1) is 7.15. The molecule has 82 valence electrons. The molecule has 4 heteroatoms. The number of amides is 1. The number of aromatic nitrogens is 1. The molecule has 0 saturated heterocycles. The Bertz CT molecular complexity index is 341. The largest absolute Gasteiger partial charge is 0.351 e. The summed E-state index contributed by atoms with van der Waals surface area (Å²) in [7, 11) is 0. The molecule has 0 aliphatic carbocycles. The third-order valence-electron chi connectivity index (χ3n) is 2.23. The van der Waals surface area contributed by atoms with Gasteiger partial charge in [-0.3, -0.25) is 9.78 Å². The van der Waals surface area contributed by atoms with E-state index in [0.29, 0.717) is 6.54 Å². The number of hydrogen-bond acceptors (Lipinski definition) is 2. The molecule has 1 aromatic rings. The first-order valence-electron chi connectivity index (χ1n) is 4.96. The lowest BCUT2D eigenvalue weighted by atomic mass is 10.1. The van der Waals surface area contributed by atoms with Crippen molar-refractivity contribution < 1.29 is 4.79 Å². The van der Waals surface area contributed by atoms with Crippen molar-refractivity contribution in [2.75, 3.05) is 0 Å². The van der Waals surface area contributed by atoms with Crippen LogP contribution in [0.3, 0.4) is 0 Å². The van der Waals surface area contributed by atoms with Gasteiger partial charge in [-0.25, -0.2) is 0 Å². The van der Waals surface area contributed by atoms with Gasteiger partial charge in [0.2, 0.25) is 5.91 Å². The highest BCUT2D eigenvalue weighted by atomic mass is 79.9. The van der Waals surface area contributed by atoms with Crippen molar-refractivity contribution in [3.63, 3.8) is 0 Å². The average molecular weight is 271 g/mol. The van der Waals surface area contributed by atoms with E-state index in [2.05, 4.69) is 26.2 Å². The standard InChI is InChI=1S/C11H15BrN2O/c1-3-10(12)11(15)14-7-9-4-5-13-6-8(9)2/h4-6,10H,3,7H2,1-2H3,(H,14,15). The molecule has 0 aliphatic heterocycles. The minimum atomic E-state index is -0.0976. The van der Waals surface area contributed by atoms with Crippen molar-refractivity contribution in [3.05, 3.63) is 29.6 Å². The Balaban J connectivity index is 2.51. The molecule has 1 N–H and O–H groups in total. The van der Waals surface area contributed by atoms with E-state index in [1.807, 2.05) is 19.9 Å². The van der Waals surface area contributed by atoms with Crippen LogP contribution in [0.5, 0.6) is 0 Å². The Kier molecular flexibility index (Phi) is 4.75. The van der Waals surface area contributed by atoms with Crippen molar-refractivity contribution >= 4 is 21.8 Å². The van der Waals surface area contributed by atoms with Gasteiger partial charge in [-0.2, -0.15) is 0 Å². The van der Waals surface area contributed by atoms with Gasteiger partial charge in [0.15, 0.2) is 0 Å². The Morgan fingerprint density at radius 3 is 3.00 bits per heavy atom. The summed E-state index contributed by atoms with van der Waals surface area (Å²) in [6.45, 7) is 4.52. The first kappa shape index (κ1) is 12.2. The Morgan fingerprint density at radius 2 is 2.40 bits per heavy atom. The molecule has 0 radical (unpaired) electrons. The summed E-state index contributed by atoms with van der Waals surface area (Å²) in [5, 5.41) is 2.88. The molecule has 0 fully saturated rings. The number of halogens is 1. The van der Waals surface area contributed by atoms with Crippen LogP contribution in [0.25, 0.3) is 0 Å². The zero-order valence-electron chi connectivity index (χ0n) is 8.96. The minimum Gasteiger partial charge on any atom is -0.351 e. The SMILES string of the molecule is CCC(Br)C(=O)NCc1ccncc1C. The van der Waals surface area contributed by atoms with Gasteiger partial charge in [-0.05, 0) is 30.5 Å². The number of hydrogen-bond donors (Lipinski definition) is 1. The molecule has 0 spiro atoms. The molecule has 0 aliphatic rings. The Hall–Kier alpha value is -0.900. The predicted octanol–water partition coefficient (Wildman–Crippen LogP) is 2.18.